The summed E-state index contributed by atoms with van der Waals surface area (Å²) >= 11 is 0. The molecule has 0 spiro atoms. The van der Waals surface area contributed by atoms with E-state index in [9.17, 15) is 9.59 Å². The van der Waals surface area contributed by atoms with E-state index in [0.717, 1.165) is 19.6 Å². The quantitative estimate of drug-likeness (QED) is 0.609. The largest absolute Gasteiger partial charge is 0.481 e. The molecular weight excluding hydrogens is 278 g/mol. The number of nitrogens with zero attached hydrogens (tertiary/aromatic N) is 1. The van der Waals surface area contributed by atoms with Gasteiger partial charge >= 0.3 is 12.0 Å². The lowest BCUT2D eigenvalue weighted by Gasteiger charge is -2.32. The van der Waals surface area contributed by atoms with Crippen LogP contribution >= 0.6 is 0 Å². The maximum Gasteiger partial charge on any atom is 0.315 e. The topological polar surface area (TPSA) is 100 Å². The first kappa shape index (κ1) is 16.0. The van der Waals surface area contributed by atoms with Gasteiger partial charge in [0.25, 0.3) is 0 Å². The molecule has 3 unspecified atom stereocenters. The number of carbonyl (C=O) groups is 2. The van der Waals surface area contributed by atoms with Crippen LogP contribution in [0.15, 0.2) is 0 Å². The predicted octanol–water partition coefficient (Wildman–Crippen LogP) is -0.894. The lowest BCUT2D eigenvalue weighted by Crippen LogP contribution is -2.51. The number of carbonyl (C=O) groups excluding carboxylic acids is 1. The van der Waals surface area contributed by atoms with E-state index in [1.54, 1.807) is 0 Å². The molecule has 2 amide bonds. The van der Waals surface area contributed by atoms with Crippen LogP contribution in [-0.2, 0) is 14.3 Å². The fourth-order valence-corrected chi connectivity index (χ4v) is 2.56. The number of carboxylic acids is 1. The van der Waals surface area contributed by atoms with Gasteiger partial charge in [0, 0.05) is 19.6 Å². The third-order valence-corrected chi connectivity index (χ3v) is 3.87. The van der Waals surface area contributed by atoms with E-state index in [0.29, 0.717) is 13.2 Å². The summed E-state index contributed by atoms with van der Waals surface area (Å²) < 4.78 is 10.7. The zero-order valence-electron chi connectivity index (χ0n) is 12.2. The second-order valence-electron chi connectivity index (χ2n) is 5.33. The van der Waals surface area contributed by atoms with Crippen molar-refractivity contribution in [3.63, 3.8) is 0 Å². The van der Waals surface area contributed by atoms with Crippen LogP contribution < -0.4 is 10.6 Å². The number of rotatable bonds is 5. The number of ether oxygens (including phenoxy) is 2. The van der Waals surface area contributed by atoms with Crippen molar-refractivity contribution in [2.45, 2.75) is 19.1 Å². The molecule has 8 heteroatoms. The van der Waals surface area contributed by atoms with E-state index in [-0.39, 0.29) is 25.3 Å². The van der Waals surface area contributed by atoms with E-state index in [1.165, 1.54) is 0 Å². The van der Waals surface area contributed by atoms with Gasteiger partial charge in [-0.1, -0.05) is 6.92 Å². The molecule has 2 heterocycles. The van der Waals surface area contributed by atoms with E-state index in [2.05, 4.69) is 22.5 Å². The molecular formula is C13H23N3O5. The number of urea groups is 1. The number of morpholine rings is 1. The van der Waals surface area contributed by atoms with Gasteiger partial charge < -0.3 is 25.2 Å². The van der Waals surface area contributed by atoms with Crippen molar-refractivity contribution >= 4 is 12.0 Å². The molecule has 0 aromatic carbocycles. The van der Waals surface area contributed by atoms with Gasteiger partial charge in [0.1, 0.15) is 5.92 Å². The molecule has 0 aromatic heterocycles. The van der Waals surface area contributed by atoms with Crippen molar-refractivity contribution in [2.75, 3.05) is 46.0 Å². The van der Waals surface area contributed by atoms with Gasteiger partial charge in [-0.25, -0.2) is 4.79 Å². The zero-order valence-corrected chi connectivity index (χ0v) is 12.2. The van der Waals surface area contributed by atoms with E-state index >= 15 is 0 Å². The molecule has 2 aliphatic rings. The molecule has 2 rings (SSSR count). The zero-order chi connectivity index (χ0) is 15.2. The van der Waals surface area contributed by atoms with Crippen molar-refractivity contribution in [3.05, 3.63) is 0 Å². The van der Waals surface area contributed by atoms with Crippen LogP contribution in [0.2, 0.25) is 0 Å². The minimum absolute atomic E-state index is 0.0282. The number of likely N-dealkylation sites (N-methyl/N-ethyl adjacent to an activating group) is 1. The molecule has 0 bridgehead atoms. The van der Waals surface area contributed by atoms with Gasteiger partial charge in [-0.2, -0.15) is 0 Å². The predicted molar refractivity (Wildman–Crippen MR) is 74.1 cm³/mol. The molecule has 0 aliphatic carbocycles. The third-order valence-electron chi connectivity index (χ3n) is 3.87. The second kappa shape index (κ2) is 7.58. The van der Waals surface area contributed by atoms with Crippen LogP contribution in [0.25, 0.3) is 0 Å². The van der Waals surface area contributed by atoms with E-state index in [1.807, 2.05) is 0 Å². The number of nitrogens with one attached hydrogen (secondary N) is 2. The standard InChI is InChI=1S/C13H23N3O5/c1-2-16-3-4-21-9(6-16)5-14-13(19)15-11-8-20-7-10(11)12(17)18/h9-11H,2-8H2,1H3,(H,17,18)(H2,14,15,19). The minimum Gasteiger partial charge on any atom is -0.481 e. The summed E-state index contributed by atoms with van der Waals surface area (Å²) in [5.41, 5.74) is 0. The van der Waals surface area contributed by atoms with Gasteiger partial charge in [-0.3, -0.25) is 9.69 Å². The van der Waals surface area contributed by atoms with Gasteiger partial charge in [-0.05, 0) is 6.54 Å². The SMILES string of the molecule is CCN1CCOC(CNC(=O)NC2COCC2C(=O)O)C1. The van der Waals surface area contributed by atoms with E-state index < -0.39 is 17.9 Å². The fourth-order valence-electron chi connectivity index (χ4n) is 2.56. The summed E-state index contributed by atoms with van der Waals surface area (Å²) in [4.78, 5) is 25.1. The summed E-state index contributed by atoms with van der Waals surface area (Å²) in [6.07, 6.45) is -0.0282. The second-order valence-corrected chi connectivity index (χ2v) is 5.33. The molecule has 0 saturated carbocycles. The molecule has 2 aliphatic heterocycles. The highest BCUT2D eigenvalue weighted by molar-refractivity contribution is 5.77. The van der Waals surface area contributed by atoms with Crippen LogP contribution in [0.1, 0.15) is 6.92 Å². The third kappa shape index (κ3) is 4.55. The Morgan fingerprint density at radius 2 is 2.19 bits per heavy atom. The highest BCUT2D eigenvalue weighted by Gasteiger charge is 2.35. The van der Waals surface area contributed by atoms with Gasteiger partial charge in [0.15, 0.2) is 0 Å². The maximum atomic E-state index is 11.8. The van der Waals surface area contributed by atoms with Gasteiger partial charge in [0.2, 0.25) is 0 Å². The molecule has 3 N–H and O–H groups in total. The van der Waals surface area contributed by atoms with Crippen molar-refractivity contribution in [3.8, 4) is 0 Å². The summed E-state index contributed by atoms with van der Waals surface area (Å²) in [7, 11) is 0. The highest BCUT2D eigenvalue weighted by atomic mass is 16.5. The molecule has 120 valence electrons. The number of aliphatic carboxylic acids is 1. The smallest absolute Gasteiger partial charge is 0.315 e. The summed E-state index contributed by atoms with van der Waals surface area (Å²) in [6, 6.07) is -0.865. The summed E-state index contributed by atoms with van der Waals surface area (Å²) in [6.45, 7) is 6.21. The minimum atomic E-state index is -0.952. The Hall–Kier alpha value is -1.38. The monoisotopic (exact) mass is 301 g/mol. The van der Waals surface area contributed by atoms with Crippen molar-refractivity contribution < 1.29 is 24.2 Å². The Balaban J connectivity index is 1.71. The average molecular weight is 301 g/mol. The summed E-state index contributed by atoms with van der Waals surface area (Å²) in [5, 5.41) is 14.4. The number of hydrogen-bond acceptors (Lipinski definition) is 5. The van der Waals surface area contributed by atoms with Crippen molar-refractivity contribution in [1.29, 1.82) is 0 Å². The lowest BCUT2D eigenvalue weighted by atomic mass is 10.0. The Bertz CT molecular complexity index is 379. The molecule has 0 radical (unpaired) electrons. The average Bonchev–Trinajstić information content (AvgIpc) is 2.93. The van der Waals surface area contributed by atoms with Gasteiger partial charge in [-0.15, -0.1) is 0 Å². The number of carboxylic acid groups (broad SMARTS) is 1. The molecule has 3 atom stereocenters. The highest BCUT2D eigenvalue weighted by Crippen LogP contribution is 2.13. The Morgan fingerprint density at radius 3 is 2.90 bits per heavy atom. The van der Waals surface area contributed by atoms with Crippen LogP contribution in [0, 0.1) is 5.92 Å². The first-order valence-electron chi connectivity index (χ1n) is 7.29. The number of hydrogen-bond donors (Lipinski definition) is 3. The first-order valence-corrected chi connectivity index (χ1v) is 7.29. The fraction of sp³-hybridized carbons (Fsp3) is 0.846. The lowest BCUT2D eigenvalue weighted by molar-refractivity contribution is -0.142. The van der Waals surface area contributed by atoms with Crippen LogP contribution in [0.4, 0.5) is 4.79 Å². The first-order chi connectivity index (χ1) is 10.1. The van der Waals surface area contributed by atoms with Gasteiger partial charge in [0.05, 0.1) is 32.0 Å². The molecule has 2 saturated heterocycles. The Kier molecular flexibility index (Phi) is 5.77. The van der Waals surface area contributed by atoms with Crippen molar-refractivity contribution in [2.24, 2.45) is 5.92 Å². The van der Waals surface area contributed by atoms with E-state index in [4.69, 9.17) is 14.6 Å². The molecule has 2 fully saturated rings. The normalized spacial score (nSPS) is 30.0. The Morgan fingerprint density at radius 1 is 1.38 bits per heavy atom. The van der Waals surface area contributed by atoms with Crippen LogP contribution in [-0.4, -0.2) is 80.2 Å². The number of amides is 2. The molecule has 21 heavy (non-hydrogen) atoms. The maximum absolute atomic E-state index is 11.8. The molecule has 0 aromatic rings. The van der Waals surface area contributed by atoms with Crippen LogP contribution in [0.5, 0.6) is 0 Å². The van der Waals surface area contributed by atoms with Crippen molar-refractivity contribution in [1.82, 2.24) is 15.5 Å². The van der Waals surface area contributed by atoms with Crippen LogP contribution in [0.3, 0.4) is 0 Å². The Labute approximate surface area is 123 Å². The molecule has 8 nitrogen and oxygen atoms in total. The summed E-state index contributed by atoms with van der Waals surface area (Å²) in [5.74, 6) is -1.63.